The average molecular weight is 454 g/mol. The Hall–Kier alpha value is -3.36. The minimum Gasteiger partial charge on any atom is -0.469 e. The molecule has 0 radical (unpaired) electrons. The summed E-state index contributed by atoms with van der Waals surface area (Å²) in [5.41, 5.74) is 4.37. The smallest absolute Gasteiger partial charge is 0.317 e. The van der Waals surface area contributed by atoms with Crippen LogP contribution in [-0.4, -0.2) is 76.8 Å². The van der Waals surface area contributed by atoms with Gasteiger partial charge in [0.1, 0.15) is 0 Å². The van der Waals surface area contributed by atoms with Crippen molar-refractivity contribution in [1.82, 2.24) is 24.9 Å². The van der Waals surface area contributed by atoms with Gasteiger partial charge in [-0.15, -0.1) is 0 Å². The summed E-state index contributed by atoms with van der Waals surface area (Å²) in [5, 5.41) is 7.48. The molecule has 1 atom stereocenters. The highest BCUT2D eigenvalue weighted by Gasteiger charge is 2.33. The highest BCUT2D eigenvalue weighted by atomic mass is 16.5. The largest absolute Gasteiger partial charge is 0.469 e. The van der Waals surface area contributed by atoms with E-state index in [4.69, 9.17) is 4.74 Å². The van der Waals surface area contributed by atoms with Gasteiger partial charge in [-0.1, -0.05) is 0 Å². The molecule has 3 heterocycles. The maximum atomic E-state index is 13.1. The van der Waals surface area contributed by atoms with Gasteiger partial charge in [0.05, 0.1) is 24.5 Å². The van der Waals surface area contributed by atoms with Gasteiger partial charge >= 0.3 is 12.0 Å². The van der Waals surface area contributed by atoms with Crippen LogP contribution in [0.4, 0.5) is 4.79 Å². The number of esters is 1. The van der Waals surface area contributed by atoms with E-state index >= 15 is 0 Å². The fourth-order valence-corrected chi connectivity index (χ4v) is 4.77. The van der Waals surface area contributed by atoms with Gasteiger partial charge in [0.25, 0.3) is 5.91 Å². The summed E-state index contributed by atoms with van der Waals surface area (Å²) in [6.45, 7) is 6.55. The van der Waals surface area contributed by atoms with Crippen LogP contribution in [0.2, 0.25) is 0 Å². The number of likely N-dealkylation sites (tertiary alicyclic amines) is 1. The molecule has 2 aliphatic rings. The standard InChI is InChI=1S/C24H31N5O4/c1-16-21(10-11-22(30)33-3)17(2)29(26-16)19-8-6-18(7-9-19)23(31)27-13-4-5-20(15-27)28-14-12-25-24(28)32/h6-9,20H,4-5,10-15H2,1-3H3,(H,25,32)/t20-/m1/s1. The number of hydrogen-bond acceptors (Lipinski definition) is 5. The van der Waals surface area contributed by atoms with Gasteiger partial charge in [-0.2, -0.15) is 5.10 Å². The van der Waals surface area contributed by atoms with Crippen LogP contribution < -0.4 is 5.32 Å². The Labute approximate surface area is 193 Å². The Morgan fingerprint density at radius 2 is 1.94 bits per heavy atom. The first-order valence-corrected chi connectivity index (χ1v) is 11.4. The second-order valence-electron chi connectivity index (χ2n) is 8.66. The van der Waals surface area contributed by atoms with Crippen LogP contribution in [0.1, 0.15) is 46.6 Å². The lowest BCUT2D eigenvalue weighted by molar-refractivity contribution is -0.140. The Morgan fingerprint density at radius 1 is 1.18 bits per heavy atom. The molecular weight excluding hydrogens is 422 g/mol. The number of ether oxygens (including phenoxy) is 1. The Morgan fingerprint density at radius 3 is 2.61 bits per heavy atom. The topological polar surface area (TPSA) is 96.8 Å². The maximum absolute atomic E-state index is 13.1. The third kappa shape index (κ3) is 4.72. The van der Waals surface area contributed by atoms with Crippen LogP contribution in [0.15, 0.2) is 24.3 Å². The molecule has 33 heavy (non-hydrogen) atoms. The van der Waals surface area contributed by atoms with E-state index in [0.29, 0.717) is 44.6 Å². The number of benzene rings is 1. The molecule has 1 aromatic carbocycles. The van der Waals surface area contributed by atoms with Crippen molar-refractivity contribution < 1.29 is 19.1 Å². The van der Waals surface area contributed by atoms with Crippen molar-refractivity contribution in [2.45, 2.75) is 45.6 Å². The first-order chi connectivity index (χ1) is 15.9. The van der Waals surface area contributed by atoms with Crippen molar-refractivity contribution in [3.63, 3.8) is 0 Å². The Bertz CT molecular complexity index is 1050. The van der Waals surface area contributed by atoms with E-state index in [1.54, 1.807) is 0 Å². The summed E-state index contributed by atoms with van der Waals surface area (Å²) in [7, 11) is 1.39. The summed E-state index contributed by atoms with van der Waals surface area (Å²) in [6.07, 6.45) is 2.70. The Balaban J connectivity index is 1.45. The molecule has 0 unspecified atom stereocenters. The zero-order valence-electron chi connectivity index (χ0n) is 19.5. The average Bonchev–Trinajstić information content (AvgIpc) is 3.39. The third-order valence-corrected chi connectivity index (χ3v) is 6.62. The van der Waals surface area contributed by atoms with Crippen molar-refractivity contribution in [3.05, 3.63) is 46.8 Å². The van der Waals surface area contributed by atoms with Crippen LogP contribution >= 0.6 is 0 Å². The van der Waals surface area contributed by atoms with Gasteiger partial charge in [0, 0.05) is 43.9 Å². The molecule has 2 saturated heterocycles. The van der Waals surface area contributed by atoms with Crippen LogP contribution in [-0.2, 0) is 16.0 Å². The number of nitrogens with one attached hydrogen (secondary N) is 1. The zero-order chi connectivity index (χ0) is 23.5. The molecule has 1 aromatic heterocycles. The van der Waals surface area contributed by atoms with Crippen LogP contribution in [0.5, 0.6) is 0 Å². The van der Waals surface area contributed by atoms with Crippen molar-refractivity contribution in [1.29, 1.82) is 0 Å². The molecule has 2 aliphatic heterocycles. The van der Waals surface area contributed by atoms with Gasteiger partial charge in [-0.25, -0.2) is 9.48 Å². The van der Waals surface area contributed by atoms with Crippen molar-refractivity contribution in [3.8, 4) is 5.69 Å². The highest BCUT2D eigenvalue weighted by Crippen LogP contribution is 2.22. The van der Waals surface area contributed by atoms with Crippen molar-refractivity contribution >= 4 is 17.9 Å². The van der Waals surface area contributed by atoms with E-state index < -0.39 is 0 Å². The van der Waals surface area contributed by atoms with Crippen LogP contribution in [0, 0.1) is 13.8 Å². The van der Waals surface area contributed by atoms with Gasteiger partial charge in [-0.3, -0.25) is 9.59 Å². The van der Waals surface area contributed by atoms with Gasteiger partial charge in [-0.05, 0) is 62.9 Å². The number of aryl methyl sites for hydroxylation is 1. The molecule has 0 saturated carbocycles. The van der Waals surface area contributed by atoms with E-state index in [2.05, 4.69) is 10.4 Å². The molecular formula is C24H31N5O4. The first kappa shape index (κ1) is 22.8. The van der Waals surface area contributed by atoms with Gasteiger partial charge in [0.15, 0.2) is 0 Å². The third-order valence-electron chi connectivity index (χ3n) is 6.62. The number of aromatic nitrogens is 2. The normalized spacial score (nSPS) is 18.4. The van der Waals surface area contributed by atoms with Crippen molar-refractivity contribution in [2.24, 2.45) is 0 Å². The molecule has 3 amide bonds. The van der Waals surface area contributed by atoms with Crippen LogP contribution in [0.3, 0.4) is 0 Å². The summed E-state index contributed by atoms with van der Waals surface area (Å²) in [5.74, 6) is -0.257. The number of piperidine rings is 1. The quantitative estimate of drug-likeness (QED) is 0.677. The van der Waals surface area contributed by atoms with E-state index in [-0.39, 0.29) is 23.9 Å². The maximum Gasteiger partial charge on any atom is 0.317 e. The molecule has 9 heteroatoms. The number of rotatable bonds is 6. The predicted molar refractivity (Wildman–Crippen MR) is 122 cm³/mol. The number of methoxy groups -OCH3 is 1. The second-order valence-corrected chi connectivity index (χ2v) is 8.66. The molecule has 2 fully saturated rings. The number of carbonyl (C=O) groups is 3. The Kier molecular flexibility index (Phi) is 6.67. The summed E-state index contributed by atoms with van der Waals surface area (Å²) in [4.78, 5) is 40.4. The van der Waals surface area contributed by atoms with Gasteiger partial charge < -0.3 is 19.9 Å². The molecule has 0 aliphatic carbocycles. The molecule has 176 valence electrons. The fraction of sp³-hybridized carbons (Fsp3) is 0.500. The summed E-state index contributed by atoms with van der Waals surface area (Å²) in [6, 6.07) is 7.48. The predicted octanol–water partition coefficient (Wildman–Crippen LogP) is 2.22. The number of carbonyl (C=O) groups excluding carboxylic acids is 3. The minimum absolute atomic E-state index is 0.0158. The number of urea groups is 1. The van der Waals surface area contributed by atoms with Crippen LogP contribution in [0.25, 0.3) is 5.69 Å². The highest BCUT2D eigenvalue weighted by molar-refractivity contribution is 5.94. The first-order valence-electron chi connectivity index (χ1n) is 11.4. The minimum atomic E-state index is -0.241. The molecule has 4 rings (SSSR count). The number of hydrogen-bond donors (Lipinski definition) is 1. The molecule has 1 N–H and O–H groups in total. The van der Waals surface area contributed by atoms with Gasteiger partial charge in [0.2, 0.25) is 0 Å². The lowest BCUT2D eigenvalue weighted by atomic mass is 10.0. The number of amides is 3. The van der Waals surface area contributed by atoms with E-state index in [0.717, 1.165) is 35.5 Å². The van der Waals surface area contributed by atoms with E-state index in [1.807, 2.05) is 52.6 Å². The second kappa shape index (κ2) is 9.64. The number of nitrogens with zero attached hydrogens (tertiary/aromatic N) is 4. The molecule has 0 spiro atoms. The zero-order valence-corrected chi connectivity index (χ0v) is 19.5. The molecule has 2 aromatic rings. The van der Waals surface area contributed by atoms with Crippen molar-refractivity contribution in [2.75, 3.05) is 33.3 Å². The summed E-state index contributed by atoms with van der Waals surface area (Å²) < 4.78 is 6.59. The lowest BCUT2D eigenvalue weighted by Gasteiger charge is -2.37. The monoisotopic (exact) mass is 453 g/mol. The fourth-order valence-electron chi connectivity index (χ4n) is 4.77. The molecule has 9 nitrogen and oxygen atoms in total. The lowest BCUT2D eigenvalue weighted by Crippen LogP contribution is -2.50. The van der Waals surface area contributed by atoms with E-state index in [1.165, 1.54) is 7.11 Å². The molecule has 0 bridgehead atoms. The van der Waals surface area contributed by atoms with E-state index in [9.17, 15) is 14.4 Å². The summed E-state index contributed by atoms with van der Waals surface area (Å²) >= 11 is 0. The SMILES string of the molecule is COC(=O)CCc1c(C)nn(-c2ccc(C(=O)N3CCC[C@@H](N4CCNC4=O)C3)cc2)c1C.